The number of likely N-dealkylation sites (tertiary alicyclic amines) is 1. The molecule has 1 saturated heterocycles. The highest BCUT2D eigenvalue weighted by Crippen LogP contribution is 2.34. The molecule has 0 saturated carbocycles. The molecular formula is C15H18N2O4. The quantitative estimate of drug-likeness (QED) is 0.743. The van der Waals surface area contributed by atoms with Gasteiger partial charge in [0.25, 0.3) is 0 Å². The Morgan fingerprint density at radius 1 is 1.29 bits per heavy atom. The van der Waals surface area contributed by atoms with E-state index in [1.807, 2.05) is 24.3 Å². The van der Waals surface area contributed by atoms with E-state index in [-0.39, 0.29) is 24.8 Å². The fourth-order valence-electron chi connectivity index (χ4n) is 3.22. The first kappa shape index (κ1) is 13.9. The number of anilines is 1. The molecule has 0 radical (unpaired) electrons. The number of benzene rings is 1. The number of fused-ring (bicyclic) bond motifs is 1. The van der Waals surface area contributed by atoms with Crippen molar-refractivity contribution in [2.45, 2.75) is 30.9 Å². The molecule has 2 aliphatic rings. The van der Waals surface area contributed by atoms with E-state index in [1.165, 1.54) is 4.90 Å². The average molecular weight is 290 g/mol. The van der Waals surface area contributed by atoms with Crippen molar-refractivity contribution in [1.29, 1.82) is 0 Å². The van der Waals surface area contributed by atoms with Crippen molar-refractivity contribution >= 4 is 17.6 Å². The lowest BCUT2D eigenvalue weighted by Gasteiger charge is -2.31. The Balaban J connectivity index is 1.87. The molecule has 3 N–H and O–H groups in total. The molecule has 3 atom stereocenters. The Labute approximate surface area is 122 Å². The number of carboxylic acid groups (broad SMARTS) is 1. The summed E-state index contributed by atoms with van der Waals surface area (Å²) in [7, 11) is 0. The first-order valence-corrected chi connectivity index (χ1v) is 7.12. The molecule has 1 amide bonds. The lowest BCUT2D eigenvalue weighted by Crippen LogP contribution is -2.44. The highest BCUT2D eigenvalue weighted by atomic mass is 16.4. The predicted molar refractivity (Wildman–Crippen MR) is 76.1 cm³/mol. The van der Waals surface area contributed by atoms with Crippen molar-refractivity contribution in [3.8, 4) is 0 Å². The van der Waals surface area contributed by atoms with Gasteiger partial charge in [-0.2, -0.15) is 0 Å². The Kier molecular flexibility index (Phi) is 3.55. The molecule has 0 bridgehead atoms. The monoisotopic (exact) mass is 290 g/mol. The smallest absolute Gasteiger partial charge is 0.326 e. The van der Waals surface area contributed by atoms with Crippen LogP contribution in [0, 0.1) is 0 Å². The minimum atomic E-state index is -1.05. The number of hydrogen-bond acceptors (Lipinski definition) is 4. The molecule has 1 aromatic rings. The van der Waals surface area contributed by atoms with Crippen molar-refractivity contribution in [2.24, 2.45) is 0 Å². The van der Waals surface area contributed by atoms with E-state index in [4.69, 9.17) is 0 Å². The second kappa shape index (κ2) is 5.37. The summed E-state index contributed by atoms with van der Waals surface area (Å²) in [6, 6.07) is 6.67. The zero-order valence-corrected chi connectivity index (χ0v) is 11.5. The van der Waals surface area contributed by atoms with E-state index in [0.717, 1.165) is 11.3 Å². The third-order valence-electron chi connectivity index (χ3n) is 4.23. The third-order valence-corrected chi connectivity index (χ3v) is 4.23. The van der Waals surface area contributed by atoms with Gasteiger partial charge in [-0.1, -0.05) is 18.2 Å². The lowest BCUT2D eigenvalue weighted by molar-refractivity contribution is -0.148. The molecule has 2 aliphatic heterocycles. The molecule has 0 aliphatic carbocycles. The normalized spacial score (nSPS) is 27.9. The van der Waals surface area contributed by atoms with E-state index in [9.17, 15) is 19.8 Å². The first-order chi connectivity index (χ1) is 10.1. The summed E-state index contributed by atoms with van der Waals surface area (Å²) >= 11 is 0. The number of nitrogens with one attached hydrogen (secondary N) is 1. The minimum absolute atomic E-state index is 0.0991. The number of aliphatic carboxylic acids is 1. The van der Waals surface area contributed by atoms with Crippen LogP contribution < -0.4 is 5.32 Å². The van der Waals surface area contributed by atoms with E-state index in [0.29, 0.717) is 13.0 Å². The van der Waals surface area contributed by atoms with Gasteiger partial charge >= 0.3 is 5.97 Å². The number of carbonyl (C=O) groups is 2. The fourth-order valence-corrected chi connectivity index (χ4v) is 3.22. The highest BCUT2D eigenvalue weighted by molar-refractivity contribution is 5.90. The van der Waals surface area contributed by atoms with Crippen LogP contribution in [0.1, 0.15) is 24.3 Å². The predicted octanol–water partition coefficient (Wildman–Crippen LogP) is 0.632. The molecule has 6 heteroatoms. The Hall–Kier alpha value is -2.08. The van der Waals surface area contributed by atoms with Crippen LogP contribution in [0.2, 0.25) is 0 Å². The maximum Gasteiger partial charge on any atom is 0.326 e. The number of carbonyl (C=O) groups excluding carboxylic acids is 1. The maximum atomic E-state index is 12.7. The summed E-state index contributed by atoms with van der Waals surface area (Å²) in [5.41, 5.74) is 1.83. The van der Waals surface area contributed by atoms with E-state index in [2.05, 4.69) is 5.32 Å². The SMILES string of the molecule is O=C(O)C1CC(O)CN1C(=O)C1CCNc2ccccc21. The third kappa shape index (κ3) is 2.47. The molecule has 0 aromatic heterocycles. The number of para-hydroxylation sites is 1. The molecule has 1 aromatic carbocycles. The van der Waals surface area contributed by atoms with E-state index >= 15 is 0 Å². The van der Waals surface area contributed by atoms with Crippen LogP contribution in [-0.2, 0) is 9.59 Å². The van der Waals surface area contributed by atoms with Gasteiger partial charge < -0.3 is 20.4 Å². The average Bonchev–Trinajstić information content (AvgIpc) is 2.88. The summed E-state index contributed by atoms with van der Waals surface area (Å²) in [6.07, 6.45) is -0.0188. The van der Waals surface area contributed by atoms with Crippen LogP contribution >= 0.6 is 0 Å². The zero-order valence-electron chi connectivity index (χ0n) is 11.5. The molecule has 2 heterocycles. The van der Waals surface area contributed by atoms with Crippen LogP contribution in [0.25, 0.3) is 0 Å². The maximum absolute atomic E-state index is 12.7. The van der Waals surface area contributed by atoms with E-state index in [1.54, 1.807) is 0 Å². The summed E-state index contributed by atoms with van der Waals surface area (Å²) < 4.78 is 0. The fraction of sp³-hybridized carbons (Fsp3) is 0.467. The molecule has 6 nitrogen and oxygen atoms in total. The summed E-state index contributed by atoms with van der Waals surface area (Å²) in [4.78, 5) is 25.3. The van der Waals surface area contributed by atoms with Gasteiger partial charge in [0.15, 0.2) is 0 Å². The van der Waals surface area contributed by atoms with Crippen LogP contribution in [0.4, 0.5) is 5.69 Å². The molecule has 3 rings (SSSR count). The van der Waals surface area contributed by atoms with Crippen LogP contribution in [0.15, 0.2) is 24.3 Å². The highest BCUT2D eigenvalue weighted by Gasteiger charge is 2.42. The van der Waals surface area contributed by atoms with Crippen molar-refractivity contribution in [3.05, 3.63) is 29.8 Å². The van der Waals surface area contributed by atoms with Crippen molar-refractivity contribution in [2.75, 3.05) is 18.4 Å². The minimum Gasteiger partial charge on any atom is -0.480 e. The second-order valence-electron chi connectivity index (χ2n) is 5.59. The van der Waals surface area contributed by atoms with Crippen molar-refractivity contribution in [3.63, 3.8) is 0 Å². The Bertz CT molecular complexity index is 575. The molecule has 0 spiro atoms. The number of carboxylic acids is 1. The Morgan fingerprint density at radius 2 is 2.05 bits per heavy atom. The number of aliphatic hydroxyl groups excluding tert-OH is 1. The van der Waals surface area contributed by atoms with Gasteiger partial charge in [-0.05, 0) is 18.1 Å². The second-order valence-corrected chi connectivity index (χ2v) is 5.59. The molecule has 112 valence electrons. The van der Waals surface area contributed by atoms with Gasteiger partial charge in [0.1, 0.15) is 6.04 Å². The number of amides is 1. The van der Waals surface area contributed by atoms with Crippen LogP contribution in [0.5, 0.6) is 0 Å². The molecule has 3 unspecified atom stereocenters. The number of nitrogens with zero attached hydrogens (tertiary/aromatic N) is 1. The van der Waals surface area contributed by atoms with Crippen molar-refractivity contribution < 1.29 is 19.8 Å². The van der Waals surface area contributed by atoms with Gasteiger partial charge in [0, 0.05) is 25.2 Å². The number of hydrogen-bond donors (Lipinski definition) is 3. The summed E-state index contributed by atoms with van der Waals surface area (Å²) in [5.74, 6) is -1.59. The van der Waals surface area contributed by atoms with Gasteiger partial charge in [0.2, 0.25) is 5.91 Å². The lowest BCUT2D eigenvalue weighted by atomic mass is 9.89. The summed E-state index contributed by atoms with van der Waals surface area (Å²) in [5, 5.41) is 22.2. The number of rotatable bonds is 2. The number of aliphatic hydroxyl groups is 1. The van der Waals surface area contributed by atoms with Gasteiger partial charge in [-0.3, -0.25) is 4.79 Å². The largest absolute Gasteiger partial charge is 0.480 e. The molecular weight excluding hydrogens is 272 g/mol. The standard InChI is InChI=1S/C15H18N2O4/c18-9-7-13(15(20)21)17(8-9)14(19)11-5-6-16-12-4-2-1-3-10(11)12/h1-4,9,11,13,16,18H,5-8H2,(H,20,21). The number of β-amino-alcohol motifs (C(OH)–C–C–N with tert-alkyl or cyclic N) is 1. The van der Waals surface area contributed by atoms with Gasteiger partial charge in [-0.15, -0.1) is 0 Å². The van der Waals surface area contributed by atoms with Crippen molar-refractivity contribution in [1.82, 2.24) is 4.90 Å². The zero-order chi connectivity index (χ0) is 15.0. The molecule has 21 heavy (non-hydrogen) atoms. The first-order valence-electron chi connectivity index (χ1n) is 7.12. The molecule has 1 fully saturated rings. The topological polar surface area (TPSA) is 89.9 Å². The van der Waals surface area contributed by atoms with Crippen LogP contribution in [0.3, 0.4) is 0 Å². The Morgan fingerprint density at radius 3 is 2.81 bits per heavy atom. The van der Waals surface area contributed by atoms with Gasteiger partial charge in [0.05, 0.1) is 12.0 Å². The van der Waals surface area contributed by atoms with Crippen LogP contribution in [-0.4, -0.2) is 52.2 Å². The van der Waals surface area contributed by atoms with Gasteiger partial charge in [-0.25, -0.2) is 4.79 Å². The van der Waals surface area contributed by atoms with E-state index < -0.39 is 18.1 Å². The summed E-state index contributed by atoms with van der Waals surface area (Å²) in [6.45, 7) is 0.781.